The summed E-state index contributed by atoms with van der Waals surface area (Å²) < 4.78 is 10.6. The molecule has 21 heavy (non-hydrogen) atoms. The van der Waals surface area contributed by atoms with Crippen LogP contribution in [0.1, 0.15) is 52.7 Å². The zero-order chi connectivity index (χ0) is 15.7. The second kappa shape index (κ2) is 5.85. The smallest absolute Gasteiger partial charge is 0.231 e. The number of hydrogen-bond donors (Lipinski definition) is 2. The number of nitrogens with one attached hydrogen (secondary N) is 1. The predicted octanol–water partition coefficient (Wildman–Crippen LogP) is 3.25. The Kier molecular flexibility index (Phi) is 4.49. The molecule has 1 aliphatic heterocycles. The lowest BCUT2D eigenvalue weighted by Crippen LogP contribution is -2.44. The average molecular weight is 293 g/mol. The van der Waals surface area contributed by atoms with E-state index in [0.29, 0.717) is 12.3 Å². The molecule has 4 nitrogen and oxygen atoms in total. The highest BCUT2D eigenvalue weighted by Crippen LogP contribution is 2.34. The number of β-amino-alcohol motifs (C(OH)–C–C–N with tert-alkyl or cyclic N) is 1. The van der Waals surface area contributed by atoms with Gasteiger partial charge in [0.2, 0.25) is 6.79 Å². The zero-order valence-corrected chi connectivity index (χ0v) is 13.7. The van der Waals surface area contributed by atoms with Gasteiger partial charge in [-0.15, -0.1) is 0 Å². The summed E-state index contributed by atoms with van der Waals surface area (Å²) in [4.78, 5) is 0. The van der Waals surface area contributed by atoms with E-state index in [9.17, 15) is 5.11 Å². The lowest BCUT2D eigenvalue weighted by Gasteiger charge is -2.34. The summed E-state index contributed by atoms with van der Waals surface area (Å²) >= 11 is 0. The van der Waals surface area contributed by atoms with Crippen molar-refractivity contribution in [1.82, 2.24) is 5.32 Å². The van der Waals surface area contributed by atoms with E-state index >= 15 is 0 Å². The van der Waals surface area contributed by atoms with E-state index in [0.717, 1.165) is 17.7 Å². The molecule has 0 saturated carbocycles. The minimum absolute atomic E-state index is 0.0183. The third kappa shape index (κ3) is 4.61. The van der Waals surface area contributed by atoms with Crippen molar-refractivity contribution in [3.8, 4) is 11.5 Å². The van der Waals surface area contributed by atoms with Crippen LogP contribution in [-0.2, 0) is 0 Å². The van der Waals surface area contributed by atoms with Crippen molar-refractivity contribution in [2.24, 2.45) is 5.41 Å². The van der Waals surface area contributed by atoms with Crippen LogP contribution in [0.4, 0.5) is 0 Å². The summed E-state index contributed by atoms with van der Waals surface area (Å²) in [6.07, 6.45) is 0.479. The van der Waals surface area contributed by atoms with E-state index in [1.54, 1.807) is 0 Å². The molecule has 0 aliphatic carbocycles. The number of benzene rings is 1. The number of aliphatic hydroxyl groups excluding tert-OH is 1. The van der Waals surface area contributed by atoms with Crippen LogP contribution in [0.5, 0.6) is 11.5 Å². The molecule has 1 unspecified atom stereocenters. The number of ether oxygens (including phenoxy) is 2. The van der Waals surface area contributed by atoms with Gasteiger partial charge in [-0.3, -0.25) is 0 Å². The molecule has 2 rings (SSSR count). The van der Waals surface area contributed by atoms with Crippen molar-refractivity contribution < 1.29 is 14.6 Å². The number of rotatable bonds is 5. The van der Waals surface area contributed by atoms with Crippen molar-refractivity contribution in [2.75, 3.05) is 13.3 Å². The number of aliphatic hydroxyl groups is 1. The van der Waals surface area contributed by atoms with E-state index in [1.165, 1.54) is 0 Å². The van der Waals surface area contributed by atoms with Crippen LogP contribution in [0, 0.1) is 5.41 Å². The zero-order valence-electron chi connectivity index (χ0n) is 13.7. The van der Waals surface area contributed by atoms with E-state index in [2.05, 4.69) is 39.9 Å². The minimum Gasteiger partial charge on any atom is -0.454 e. The van der Waals surface area contributed by atoms with Crippen LogP contribution >= 0.6 is 0 Å². The summed E-state index contributed by atoms with van der Waals surface area (Å²) in [5.74, 6) is 1.45. The Morgan fingerprint density at radius 2 is 1.81 bits per heavy atom. The monoisotopic (exact) mass is 293 g/mol. The van der Waals surface area contributed by atoms with Crippen molar-refractivity contribution >= 4 is 0 Å². The van der Waals surface area contributed by atoms with Gasteiger partial charge in [-0.1, -0.05) is 26.8 Å². The van der Waals surface area contributed by atoms with Gasteiger partial charge in [-0.25, -0.2) is 0 Å². The van der Waals surface area contributed by atoms with Crippen LogP contribution in [0.2, 0.25) is 0 Å². The van der Waals surface area contributed by atoms with Gasteiger partial charge in [-0.2, -0.15) is 0 Å². The summed E-state index contributed by atoms with van der Waals surface area (Å²) in [5.41, 5.74) is 1.08. The Hall–Kier alpha value is -1.26. The van der Waals surface area contributed by atoms with Crippen LogP contribution < -0.4 is 14.8 Å². The molecule has 1 aliphatic rings. The summed E-state index contributed by atoms with van der Waals surface area (Å²) in [6, 6.07) is 5.59. The van der Waals surface area contributed by atoms with Crippen molar-refractivity contribution in [2.45, 2.75) is 52.7 Å². The quantitative estimate of drug-likeness (QED) is 0.875. The first kappa shape index (κ1) is 16.1. The third-order valence-electron chi connectivity index (χ3n) is 3.53. The maximum atomic E-state index is 10.4. The fourth-order valence-corrected chi connectivity index (χ4v) is 3.00. The minimum atomic E-state index is -0.557. The number of fused-ring (bicyclic) bond motifs is 1. The molecule has 0 radical (unpaired) electrons. The first-order valence-corrected chi connectivity index (χ1v) is 7.49. The Labute approximate surface area is 127 Å². The van der Waals surface area contributed by atoms with E-state index in [-0.39, 0.29) is 17.7 Å². The van der Waals surface area contributed by atoms with Gasteiger partial charge in [0.15, 0.2) is 11.5 Å². The van der Waals surface area contributed by atoms with Gasteiger partial charge in [-0.05, 0) is 43.4 Å². The molecule has 1 aromatic rings. The maximum Gasteiger partial charge on any atom is 0.231 e. The Morgan fingerprint density at radius 3 is 2.48 bits per heavy atom. The predicted molar refractivity (Wildman–Crippen MR) is 83.7 cm³/mol. The molecule has 1 aromatic carbocycles. The van der Waals surface area contributed by atoms with E-state index in [1.807, 2.05) is 18.2 Å². The highest BCUT2D eigenvalue weighted by atomic mass is 16.7. The largest absolute Gasteiger partial charge is 0.454 e. The van der Waals surface area contributed by atoms with E-state index < -0.39 is 6.10 Å². The Morgan fingerprint density at radius 1 is 1.14 bits per heavy atom. The highest BCUT2D eigenvalue weighted by Gasteiger charge is 2.26. The molecule has 0 spiro atoms. The fourth-order valence-electron chi connectivity index (χ4n) is 3.00. The molecule has 0 fully saturated rings. The van der Waals surface area contributed by atoms with Crippen LogP contribution in [-0.4, -0.2) is 24.0 Å². The van der Waals surface area contributed by atoms with Crippen LogP contribution in [0.3, 0.4) is 0 Å². The fraction of sp³-hybridized carbons (Fsp3) is 0.647. The normalized spacial score (nSPS) is 16.1. The Balaban J connectivity index is 1.94. The summed E-state index contributed by atoms with van der Waals surface area (Å²) in [5, 5.41) is 13.8. The van der Waals surface area contributed by atoms with Gasteiger partial charge in [0, 0.05) is 12.1 Å². The molecule has 0 bridgehead atoms. The molecule has 0 saturated heterocycles. The van der Waals surface area contributed by atoms with Crippen LogP contribution in [0.25, 0.3) is 0 Å². The summed E-state index contributed by atoms with van der Waals surface area (Å²) in [7, 11) is 0. The molecule has 2 N–H and O–H groups in total. The van der Waals surface area contributed by atoms with Crippen molar-refractivity contribution in [1.29, 1.82) is 0 Å². The average Bonchev–Trinajstić information content (AvgIpc) is 2.80. The van der Waals surface area contributed by atoms with Crippen LogP contribution in [0.15, 0.2) is 18.2 Å². The standard InChI is InChI=1S/C17H27NO3/c1-16(2,3)10-17(4,5)18-9-13(19)12-6-7-14-15(8-12)21-11-20-14/h6-8,13,18-19H,9-11H2,1-5H3. The Bertz CT molecular complexity index is 491. The maximum absolute atomic E-state index is 10.4. The third-order valence-corrected chi connectivity index (χ3v) is 3.53. The number of hydrogen-bond acceptors (Lipinski definition) is 4. The highest BCUT2D eigenvalue weighted by molar-refractivity contribution is 5.45. The van der Waals surface area contributed by atoms with Gasteiger partial charge in [0.1, 0.15) is 0 Å². The molecular formula is C17H27NO3. The molecular weight excluding hydrogens is 266 g/mol. The SMILES string of the molecule is CC(C)(C)CC(C)(C)NCC(O)c1ccc2c(c1)OCO2. The molecule has 4 heteroatoms. The second-order valence-corrected chi connectivity index (χ2v) is 7.63. The van der Waals surface area contributed by atoms with E-state index in [4.69, 9.17) is 9.47 Å². The lowest BCUT2D eigenvalue weighted by atomic mass is 9.81. The van der Waals surface area contributed by atoms with Gasteiger partial charge in [0.25, 0.3) is 0 Å². The molecule has 1 atom stereocenters. The molecule has 118 valence electrons. The molecule has 0 aromatic heterocycles. The molecule has 1 heterocycles. The van der Waals surface area contributed by atoms with Crippen molar-refractivity contribution in [3.05, 3.63) is 23.8 Å². The van der Waals surface area contributed by atoms with Gasteiger partial charge < -0.3 is 19.9 Å². The first-order valence-electron chi connectivity index (χ1n) is 7.49. The van der Waals surface area contributed by atoms with Gasteiger partial charge >= 0.3 is 0 Å². The topological polar surface area (TPSA) is 50.7 Å². The molecule has 0 amide bonds. The van der Waals surface area contributed by atoms with Gasteiger partial charge in [0.05, 0.1) is 6.10 Å². The first-order chi connectivity index (χ1) is 9.66. The second-order valence-electron chi connectivity index (χ2n) is 7.63. The van der Waals surface area contributed by atoms with Crippen molar-refractivity contribution in [3.63, 3.8) is 0 Å². The summed E-state index contributed by atoms with van der Waals surface area (Å²) in [6.45, 7) is 11.8. The lowest BCUT2D eigenvalue weighted by molar-refractivity contribution is 0.148.